The molecule has 0 amide bonds. The van der Waals surface area contributed by atoms with E-state index in [1.165, 1.54) is 14.3 Å². The summed E-state index contributed by atoms with van der Waals surface area (Å²) in [7, 11) is 0. The lowest BCUT2D eigenvalue weighted by atomic mass is 10.1. The Hall–Kier alpha value is -1.000. The van der Waals surface area contributed by atoms with E-state index in [9.17, 15) is 0 Å². The molecule has 0 unspecified atom stereocenters. The number of fused-ring (bicyclic) bond motifs is 3. The van der Waals surface area contributed by atoms with Gasteiger partial charge in [-0.3, -0.25) is 0 Å². The minimum Gasteiger partial charge on any atom is -0.317 e. The number of nitrogens with zero attached hydrogens (tertiary/aromatic N) is 1. The second-order valence-electron chi connectivity index (χ2n) is 3.88. The Kier molecular flexibility index (Phi) is 2.64. The number of hydrogen-bond donors (Lipinski definition) is 0. The molecule has 0 spiro atoms. The molecule has 1 nitrogen and oxygen atoms in total. The summed E-state index contributed by atoms with van der Waals surface area (Å²) in [4.78, 5) is 0. The molecule has 0 aliphatic carbocycles. The second kappa shape index (κ2) is 4.03. The van der Waals surface area contributed by atoms with Gasteiger partial charge < -0.3 is 4.57 Å². The molecule has 0 radical (unpaired) electrons. The molecule has 2 aromatic carbocycles. The fraction of sp³-hybridized carbons (Fsp3) is 0. The van der Waals surface area contributed by atoms with Crippen LogP contribution >= 0.6 is 34.2 Å². The molecule has 17 heavy (non-hydrogen) atoms. The molecule has 0 aliphatic heterocycles. The zero-order chi connectivity index (χ0) is 12.0. The molecule has 0 saturated heterocycles. The zero-order valence-electron chi connectivity index (χ0n) is 8.95. The van der Waals surface area contributed by atoms with Gasteiger partial charge in [0.1, 0.15) is 0 Å². The van der Waals surface area contributed by atoms with Crippen LogP contribution in [0, 0.1) is 3.57 Å². The van der Waals surface area contributed by atoms with Crippen LogP contribution in [0.25, 0.3) is 28.0 Å². The van der Waals surface area contributed by atoms with Gasteiger partial charge in [0.2, 0.25) is 0 Å². The minimum atomic E-state index is 0.763. The fourth-order valence-corrected chi connectivity index (χ4v) is 2.86. The number of rotatable bonds is 1. The Morgan fingerprint density at radius 1 is 1.06 bits per heavy atom. The van der Waals surface area contributed by atoms with Crippen LogP contribution in [-0.2, 0) is 0 Å². The number of hydrogen-bond acceptors (Lipinski definition) is 0. The lowest BCUT2D eigenvalue weighted by Crippen LogP contribution is -1.83. The monoisotopic (exact) mass is 353 g/mol. The van der Waals surface area contributed by atoms with Crippen molar-refractivity contribution in [1.82, 2.24) is 4.57 Å². The quantitative estimate of drug-likeness (QED) is 0.533. The van der Waals surface area contributed by atoms with E-state index in [-0.39, 0.29) is 0 Å². The molecule has 0 aliphatic rings. The average molecular weight is 354 g/mol. The molecule has 0 bridgehead atoms. The molecule has 3 aromatic rings. The first kappa shape index (κ1) is 11.1. The van der Waals surface area contributed by atoms with Gasteiger partial charge in [0.15, 0.2) is 0 Å². The van der Waals surface area contributed by atoms with Crippen LogP contribution in [-0.4, -0.2) is 4.57 Å². The summed E-state index contributed by atoms with van der Waals surface area (Å²) in [6.45, 7) is 3.88. The fourth-order valence-electron chi connectivity index (χ4n) is 2.19. The maximum absolute atomic E-state index is 6.07. The smallest absolute Gasteiger partial charge is 0.0535 e. The van der Waals surface area contributed by atoms with Gasteiger partial charge in [-0.25, -0.2) is 0 Å². The van der Waals surface area contributed by atoms with Crippen molar-refractivity contribution >= 4 is 62.2 Å². The van der Waals surface area contributed by atoms with Crippen LogP contribution < -0.4 is 0 Å². The summed E-state index contributed by atoms with van der Waals surface area (Å²) in [5.74, 6) is 0. The highest BCUT2D eigenvalue weighted by molar-refractivity contribution is 14.1. The average Bonchev–Trinajstić information content (AvgIpc) is 2.62. The second-order valence-corrected chi connectivity index (χ2v) is 5.56. The summed E-state index contributed by atoms with van der Waals surface area (Å²) < 4.78 is 3.31. The third kappa shape index (κ3) is 1.67. The molecule has 3 heteroatoms. The highest BCUT2D eigenvalue weighted by Crippen LogP contribution is 2.32. The van der Waals surface area contributed by atoms with E-state index in [2.05, 4.69) is 51.9 Å². The van der Waals surface area contributed by atoms with Crippen molar-refractivity contribution in [3.05, 3.63) is 51.6 Å². The zero-order valence-corrected chi connectivity index (χ0v) is 11.9. The van der Waals surface area contributed by atoms with Crippen molar-refractivity contribution in [3.63, 3.8) is 0 Å². The van der Waals surface area contributed by atoms with E-state index in [1.807, 2.05) is 24.4 Å². The molecule has 3 rings (SSSR count). The molecular formula is C14H9ClIN. The summed E-state index contributed by atoms with van der Waals surface area (Å²) in [5, 5.41) is 3.15. The Bertz CT molecular complexity index is 683. The number of benzene rings is 2. The van der Waals surface area contributed by atoms with E-state index in [1.54, 1.807) is 0 Å². The molecule has 84 valence electrons. The lowest BCUT2D eigenvalue weighted by molar-refractivity contribution is 1.30. The minimum absolute atomic E-state index is 0.763. The first-order valence-corrected chi connectivity index (χ1v) is 6.67. The molecule has 0 saturated carbocycles. The SMILES string of the molecule is C=Cn1c2ccc(Cl)cc2c2cc(I)ccc21. The van der Waals surface area contributed by atoms with E-state index in [0.29, 0.717) is 0 Å². The highest BCUT2D eigenvalue weighted by atomic mass is 127. The lowest BCUT2D eigenvalue weighted by Gasteiger charge is -1.98. The van der Waals surface area contributed by atoms with Crippen molar-refractivity contribution in [2.24, 2.45) is 0 Å². The molecular weight excluding hydrogens is 345 g/mol. The number of halogens is 2. The van der Waals surface area contributed by atoms with Gasteiger partial charge in [0.25, 0.3) is 0 Å². The maximum Gasteiger partial charge on any atom is 0.0535 e. The Morgan fingerprint density at radius 3 is 2.41 bits per heavy atom. The van der Waals surface area contributed by atoms with Crippen molar-refractivity contribution in [1.29, 1.82) is 0 Å². The highest BCUT2D eigenvalue weighted by Gasteiger charge is 2.09. The van der Waals surface area contributed by atoms with E-state index >= 15 is 0 Å². The predicted molar refractivity (Wildman–Crippen MR) is 83.6 cm³/mol. The van der Waals surface area contributed by atoms with Crippen molar-refractivity contribution in [2.45, 2.75) is 0 Å². The van der Waals surface area contributed by atoms with Gasteiger partial charge in [-0.1, -0.05) is 18.2 Å². The largest absolute Gasteiger partial charge is 0.317 e. The van der Waals surface area contributed by atoms with E-state index in [0.717, 1.165) is 16.1 Å². The van der Waals surface area contributed by atoms with E-state index in [4.69, 9.17) is 11.6 Å². The third-order valence-electron chi connectivity index (χ3n) is 2.91. The summed E-state index contributed by atoms with van der Waals surface area (Å²) >= 11 is 8.40. The van der Waals surface area contributed by atoms with Gasteiger partial charge in [0.05, 0.1) is 11.0 Å². The predicted octanol–water partition coefficient (Wildman–Crippen LogP) is 5.15. The summed E-state index contributed by atoms with van der Waals surface area (Å²) in [5.41, 5.74) is 2.30. The molecule has 1 aromatic heterocycles. The van der Waals surface area contributed by atoms with Crippen LogP contribution in [0.1, 0.15) is 0 Å². The van der Waals surface area contributed by atoms with E-state index < -0.39 is 0 Å². The van der Waals surface area contributed by atoms with Crippen molar-refractivity contribution in [3.8, 4) is 0 Å². The Morgan fingerprint density at radius 2 is 1.71 bits per heavy atom. The summed E-state index contributed by atoms with van der Waals surface area (Å²) in [6, 6.07) is 12.3. The van der Waals surface area contributed by atoms with Gasteiger partial charge in [0, 0.05) is 25.6 Å². The topological polar surface area (TPSA) is 4.93 Å². The maximum atomic E-state index is 6.07. The van der Waals surface area contributed by atoms with Gasteiger partial charge >= 0.3 is 0 Å². The van der Waals surface area contributed by atoms with Crippen LogP contribution in [0.15, 0.2) is 43.0 Å². The third-order valence-corrected chi connectivity index (χ3v) is 3.82. The van der Waals surface area contributed by atoms with Crippen LogP contribution in [0.2, 0.25) is 5.02 Å². The van der Waals surface area contributed by atoms with Crippen LogP contribution in [0.4, 0.5) is 0 Å². The van der Waals surface area contributed by atoms with Gasteiger partial charge in [-0.2, -0.15) is 0 Å². The van der Waals surface area contributed by atoms with Crippen molar-refractivity contribution < 1.29 is 0 Å². The first-order valence-electron chi connectivity index (χ1n) is 5.22. The molecule has 1 heterocycles. The normalized spacial score (nSPS) is 11.2. The summed E-state index contributed by atoms with van der Waals surface area (Å²) in [6.07, 6.45) is 1.84. The van der Waals surface area contributed by atoms with Gasteiger partial charge in [-0.15, -0.1) is 0 Å². The number of aromatic nitrogens is 1. The first-order chi connectivity index (χ1) is 8.20. The Labute approximate surface area is 118 Å². The van der Waals surface area contributed by atoms with Crippen molar-refractivity contribution in [2.75, 3.05) is 0 Å². The van der Waals surface area contributed by atoms with Crippen LogP contribution in [0.3, 0.4) is 0 Å². The van der Waals surface area contributed by atoms with Gasteiger partial charge in [-0.05, 0) is 59.0 Å². The molecule has 0 fully saturated rings. The van der Waals surface area contributed by atoms with Crippen LogP contribution in [0.5, 0.6) is 0 Å². The Balaban J connectivity index is 2.61. The molecule has 0 atom stereocenters. The standard InChI is InChI=1S/C14H9ClIN/c1-2-17-13-5-3-9(15)7-11(13)12-8-10(16)4-6-14(12)17/h2-8H,1H2. The molecule has 0 N–H and O–H groups in total.